The molecule has 0 saturated heterocycles. The third-order valence-electron chi connectivity index (χ3n) is 2.61. The maximum Gasteiger partial charge on any atom is 0.216 e. The molecule has 100 valence electrons. The Bertz CT molecular complexity index is 412. The topological polar surface area (TPSA) is 41.1 Å². The van der Waals surface area contributed by atoms with Gasteiger partial charge in [-0.2, -0.15) is 0 Å². The molecule has 1 aromatic carbocycles. The molecule has 0 unspecified atom stereocenters. The first-order valence-corrected chi connectivity index (χ1v) is 6.72. The van der Waals surface area contributed by atoms with Crippen molar-refractivity contribution in [3.05, 3.63) is 34.1 Å². The molecule has 0 aliphatic rings. The lowest BCUT2D eigenvalue weighted by molar-refractivity contribution is -0.118. The Morgan fingerprint density at radius 1 is 1.44 bits per heavy atom. The molecule has 0 aromatic heterocycles. The van der Waals surface area contributed by atoms with E-state index in [2.05, 4.69) is 26.6 Å². The van der Waals surface area contributed by atoms with E-state index in [1.807, 2.05) is 13.0 Å². The summed E-state index contributed by atoms with van der Waals surface area (Å²) in [6, 6.07) is 5.01. The summed E-state index contributed by atoms with van der Waals surface area (Å²) < 4.78 is 14.4. The Hall–Kier alpha value is -0.940. The van der Waals surface area contributed by atoms with Gasteiger partial charge < -0.3 is 10.6 Å². The molecule has 1 amide bonds. The van der Waals surface area contributed by atoms with Crippen molar-refractivity contribution in [2.75, 3.05) is 13.1 Å². The Balaban J connectivity index is 2.36. The van der Waals surface area contributed by atoms with Crippen molar-refractivity contribution >= 4 is 21.8 Å². The van der Waals surface area contributed by atoms with Gasteiger partial charge in [0.15, 0.2) is 0 Å². The van der Waals surface area contributed by atoms with Crippen LogP contribution in [0.1, 0.15) is 31.9 Å². The van der Waals surface area contributed by atoms with Gasteiger partial charge in [0.25, 0.3) is 0 Å². The third kappa shape index (κ3) is 5.14. The molecule has 0 spiro atoms. The first-order chi connectivity index (χ1) is 8.50. The molecule has 1 rings (SSSR count). The van der Waals surface area contributed by atoms with Gasteiger partial charge >= 0.3 is 0 Å². The zero-order valence-corrected chi connectivity index (χ0v) is 12.2. The van der Waals surface area contributed by atoms with E-state index in [9.17, 15) is 9.18 Å². The quantitative estimate of drug-likeness (QED) is 0.792. The summed E-state index contributed by atoms with van der Waals surface area (Å²) in [5.74, 6) is -0.242. The van der Waals surface area contributed by atoms with Crippen molar-refractivity contribution in [3.63, 3.8) is 0 Å². The van der Waals surface area contributed by atoms with Crippen LogP contribution in [0.25, 0.3) is 0 Å². The molecular formula is C13H18BrFN2O. The number of hydrogen-bond acceptors (Lipinski definition) is 2. The smallest absolute Gasteiger partial charge is 0.216 e. The molecule has 0 saturated carbocycles. The number of benzene rings is 1. The second kappa shape index (κ2) is 7.48. The van der Waals surface area contributed by atoms with Crippen molar-refractivity contribution < 1.29 is 9.18 Å². The molecule has 0 heterocycles. The summed E-state index contributed by atoms with van der Waals surface area (Å²) in [6.07, 6.45) is 0.821. The van der Waals surface area contributed by atoms with Crippen LogP contribution in [-0.2, 0) is 4.79 Å². The molecule has 0 fully saturated rings. The highest BCUT2D eigenvalue weighted by atomic mass is 79.9. The monoisotopic (exact) mass is 316 g/mol. The van der Waals surface area contributed by atoms with Gasteiger partial charge in [0.05, 0.1) is 0 Å². The van der Waals surface area contributed by atoms with Gasteiger partial charge in [-0.3, -0.25) is 4.79 Å². The van der Waals surface area contributed by atoms with E-state index in [-0.39, 0.29) is 17.8 Å². The average Bonchev–Trinajstić information content (AvgIpc) is 2.27. The van der Waals surface area contributed by atoms with Crippen LogP contribution in [0.2, 0.25) is 0 Å². The highest BCUT2D eigenvalue weighted by Crippen LogP contribution is 2.20. The van der Waals surface area contributed by atoms with E-state index in [0.29, 0.717) is 12.1 Å². The molecule has 3 nitrogen and oxygen atoms in total. The lowest BCUT2D eigenvalue weighted by Crippen LogP contribution is -2.26. The molecule has 18 heavy (non-hydrogen) atoms. The number of carbonyl (C=O) groups excluding carboxylic acids is 1. The summed E-state index contributed by atoms with van der Waals surface area (Å²) in [5.41, 5.74) is 0.651. The normalized spacial score (nSPS) is 12.2. The van der Waals surface area contributed by atoms with E-state index < -0.39 is 0 Å². The predicted octanol–water partition coefficient (Wildman–Crippen LogP) is 2.77. The SMILES string of the molecule is CC(=O)NCCCN[C@@H](C)c1ccc(Br)cc1F. The van der Waals surface area contributed by atoms with Gasteiger partial charge in [-0.25, -0.2) is 4.39 Å². The van der Waals surface area contributed by atoms with Crippen LogP contribution in [0.4, 0.5) is 4.39 Å². The van der Waals surface area contributed by atoms with Gasteiger partial charge in [0.1, 0.15) is 5.82 Å². The maximum absolute atomic E-state index is 13.7. The molecule has 0 radical (unpaired) electrons. The van der Waals surface area contributed by atoms with Crippen molar-refractivity contribution in [1.29, 1.82) is 0 Å². The number of halogens is 2. The first-order valence-electron chi connectivity index (χ1n) is 5.93. The minimum Gasteiger partial charge on any atom is -0.356 e. The summed E-state index contributed by atoms with van der Waals surface area (Å²) in [5, 5.41) is 5.94. The Morgan fingerprint density at radius 3 is 2.78 bits per heavy atom. The van der Waals surface area contributed by atoms with Gasteiger partial charge in [0, 0.05) is 29.5 Å². The lowest BCUT2D eigenvalue weighted by Gasteiger charge is -2.15. The van der Waals surface area contributed by atoms with Crippen LogP contribution in [-0.4, -0.2) is 19.0 Å². The van der Waals surface area contributed by atoms with Crippen LogP contribution in [0, 0.1) is 5.82 Å². The minimum absolute atomic E-state index is 0.0259. The maximum atomic E-state index is 13.7. The molecule has 0 aliphatic carbocycles. The fraction of sp³-hybridized carbons (Fsp3) is 0.462. The molecule has 1 aromatic rings. The van der Waals surface area contributed by atoms with Gasteiger partial charge in [-0.1, -0.05) is 22.0 Å². The highest BCUT2D eigenvalue weighted by Gasteiger charge is 2.10. The summed E-state index contributed by atoms with van der Waals surface area (Å²) in [6.45, 7) is 4.78. The van der Waals surface area contributed by atoms with E-state index in [4.69, 9.17) is 0 Å². The molecule has 0 aliphatic heterocycles. The fourth-order valence-corrected chi connectivity index (χ4v) is 1.97. The van der Waals surface area contributed by atoms with Crippen molar-refractivity contribution in [1.82, 2.24) is 10.6 Å². The Labute approximate surface area is 115 Å². The number of carbonyl (C=O) groups is 1. The standard InChI is InChI=1S/C13H18BrFN2O/c1-9(16-6-3-7-17-10(2)18)12-5-4-11(14)8-13(12)15/h4-5,8-9,16H,3,6-7H2,1-2H3,(H,17,18)/t9-/m0/s1. The zero-order valence-electron chi connectivity index (χ0n) is 10.6. The largest absolute Gasteiger partial charge is 0.356 e. The predicted molar refractivity (Wildman–Crippen MR) is 73.8 cm³/mol. The van der Waals surface area contributed by atoms with Crippen molar-refractivity contribution in [2.45, 2.75) is 26.3 Å². The highest BCUT2D eigenvalue weighted by molar-refractivity contribution is 9.10. The van der Waals surface area contributed by atoms with Crippen molar-refractivity contribution in [3.8, 4) is 0 Å². The van der Waals surface area contributed by atoms with Crippen molar-refractivity contribution in [2.24, 2.45) is 0 Å². The lowest BCUT2D eigenvalue weighted by atomic mass is 10.1. The zero-order chi connectivity index (χ0) is 13.5. The van der Waals surface area contributed by atoms with Crippen LogP contribution in [0.5, 0.6) is 0 Å². The molecule has 0 bridgehead atoms. The van der Waals surface area contributed by atoms with E-state index >= 15 is 0 Å². The molecular weight excluding hydrogens is 299 g/mol. The van der Waals surface area contributed by atoms with Gasteiger partial charge in [-0.05, 0) is 32.0 Å². The van der Waals surface area contributed by atoms with Crippen LogP contribution in [0.3, 0.4) is 0 Å². The van der Waals surface area contributed by atoms with E-state index in [1.165, 1.54) is 13.0 Å². The number of amides is 1. The van der Waals surface area contributed by atoms with E-state index in [1.54, 1.807) is 6.07 Å². The third-order valence-corrected chi connectivity index (χ3v) is 3.10. The Kier molecular flexibility index (Phi) is 6.29. The summed E-state index contributed by atoms with van der Waals surface area (Å²) in [7, 11) is 0. The number of hydrogen-bond donors (Lipinski definition) is 2. The average molecular weight is 317 g/mol. The van der Waals surface area contributed by atoms with Crippen LogP contribution in [0.15, 0.2) is 22.7 Å². The summed E-state index contributed by atoms with van der Waals surface area (Å²) in [4.78, 5) is 10.7. The van der Waals surface area contributed by atoms with Crippen LogP contribution >= 0.6 is 15.9 Å². The second-order valence-corrected chi connectivity index (χ2v) is 5.09. The molecule has 5 heteroatoms. The second-order valence-electron chi connectivity index (χ2n) is 4.18. The number of nitrogens with one attached hydrogen (secondary N) is 2. The fourth-order valence-electron chi connectivity index (χ4n) is 1.63. The Morgan fingerprint density at radius 2 is 2.17 bits per heavy atom. The van der Waals surface area contributed by atoms with Crippen LogP contribution < -0.4 is 10.6 Å². The van der Waals surface area contributed by atoms with Gasteiger partial charge in [0.2, 0.25) is 5.91 Å². The van der Waals surface area contributed by atoms with Gasteiger partial charge in [-0.15, -0.1) is 0 Å². The molecule has 2 N–H and O–H groups in total. The first kappa shape index (κ1) is 15.1. The molecule has 1 atom stereocenters. The summed E-state index contributed by atoms with van der Waals surface area (Å²) >= 11 is 3.23. The minimum atomic E-state index is -0.216. The number of rotatable bonds is 6. The van der Waals surface area contributed by atoms with E-state index in [0.717, 1.165) is 17.4 Å².